The highest BCUT2D eigenvalue weighted by atomic mass is 32.2. The van der Waals surface area contributed by atoms with E-state index in [4.69, 9.17) is 14.5 Å². The van der Waals surface area contributed by atoms with Crippen LogP contribution in [-0.4, -0.2) is 35.8 Å². The highest BCUT2D eigenvalue weighted by Gasteiger charge is 2.13. The van der Waals surface area contributed by atoms with Gasteiger partial charge >= 0.3 is 0 Å². The van der Waals surface area contributed by atoms with Gasteiger partial charge in [-0.05, 0) is 17.5 Å². The van der Waals surface area contributed by atoms with Crippen LogP contribution in [0.2, 0.25) is 0 Å². The van der Waals surface area contributed by atoms with Gasteiger partial charge in [0, 0.05) is 29.3 Å². The molecule has 0 saturated heterocycles. The minimum Gasteiger partial charge on any atom is -0.497 e. The molecule has 0 saturated carbocycles. The summed E-state index contributed by atoms with van der Waals surface area (Å²) in [5, 5.41) is 6.60. The number of para-hydroxylation sites is 1. The Hall–Kier alpha value is -3.10. The summed E-state index contributed by atoms with van der Waals surface area (Å²) in [7, 11) is 3.14. The molecule has 1 N–H and O–H groups in total. The zero-order chi connectivity index (χ0) is 20.9. The number of methoxy groups -OCH3 is 2. The molecule has 0 aliphatic rings. The number of aromatic nitrogens is 2. The van der Waals surface area contributed by atoms with Gasteiger partial charge in [0.2, 0.25) is 5.91 Å². The number of benzene rings is 2. The van der Waals surface area contributed by atoms with Gasteiger partial charge < -0.3 is 14.8 Å². The van der Waals surface area contributed by atoms with E-state index in [2.05, 4.69) is 10.3 Å². The molecule has 0 radical (unpaired) electrons. The summed E-state index contributed by atoms with van der Waals surface area (Å²) in [4.78, 5) is 23.0. The number of carbonyl (C=O) groups excluding carboxylic acids is 1. The second kappa shape index (κ2) is 9.15. The molecule has 2 heterocycles. The summed E-state index contributed by atoms with van der Waals surface area (Å²) in [5.74, 6) is 1.96. The molecule has 0 unspecified atom stereocenters. The van der Waals surface area contributed by atoms with Gasteiger partial charge in [0.1, 0.15) is 16.5 Å². The first-order valence-electron chi connectivity index (χ1n) is 9.12. The van der Waals surface area contributed by atoms with Gasteiger partial charge in [-0.2, -0.15) is 0 Å². The molecule has 0 atom stereocenters. The molecule has 0 aliphatic carbocycles. The van der Waals surface area contributed by atoms with Crippen LogP contribution in [0.5, 0.6) is 11.5 Å². The van der Waals surface area contributed by atoms with E-state index in [9.17, 15) is 4.79 Å². The molecule has 2 aromatic heterocycles. The Kier molecular flexibility index (Phi) is 6.15. The van der Waals surface area contributed by atoms with E-state index < -0.39 is 0 Å². The first kappa shape index (κ1) is 20.2. The molecule has 0 spiro atoms. The third-order valence-corrected chi connectivity index (χ3v) is 6.14. The third-order valence-electron chi connectivity index (χ3n) is 4.29. The number of nitrogens with zero attached hydrogens (tertiary/aromatic N) is 2. The van der Waals surface area contributed by atoms with Crippen molar-refractivity contribution in [2.75, 3.05) is 25.3 Å². The smallest absolute Gasteiger partial charge is 0.234 e. The molecular weight excluding hydrogens is 418 g/mol. The van der Waals surface area contributed by atoms with E-state index in [-0.39, 0.29) is 11.7 Å². The van der Waals surface area contributed by atoms with Crippen LogP contribution in [0.15, 0.2) is 65.0 Å². The first-order valence-corrected chi connectivity index (χ1v) is 11.0. The number of thiophene rings is 1. The predicted octanol–water partition coefficient (Wildman–Crippen LogP) is 5.11. The number of fused-ring (bicyclic) bond motifs is 1. The van der Waals surface area contributed by atoms with E-state index >= 15 is 0 Å². The number of hydrogen-bond acceptors (Lipinski definition) is 7. The number of hydrogen-bond donors (Lipinski definition) is 1. The second-order valence-electron chi connectivity index (χ2n) is 6.29. The fraction of sp³-hybridized carbons (Fsp3) is 0.136. The van der Waals surface area contributed by atoms with Crippen molar-refractivity contribution >= 4 is 45.6 Å². The predicted molar refractivity (Wildman–Crippen MR) is 122 cm³/mol. The van der Waals surface area contributed by atoms with E-state index in [0.717, 1.165) is 20.8 Å². The highest BCUT2D eigenvalue weighted by Crippen LogP contribution is 2.30. The lowest BCUT2D eigenvalue weighted by atomic mass is 10.2. The average Bonchev–Trinajstić information content (AvgIpc) is 3.32. The molecule has 0 fully saturated rings. The van der Waals surface area contributed by atoms with Crippen LogP contribution in [0.25, 0.3) is 21.6 Å². The maximum Gasteiger partial charge on any atom is 0.234 e. The first-order chi connectivity index (χ1) is 14.7. The molecule has 8 heteroatoms. The number of amides is 1. The molecule has 4 aromatic rings. The van der Waals surface area contributed by atoms with Gasteiger partial charge in [0.25, 0.3) is 0 Å². The zero-order valence-corrected chi connectivity index (χ0v) is 18.0. The Bertz CT molecular complexity index is 1160. The quantitative estimate of drug-likeness (QED) is 0.320. The molecular formula is C22H19N3O3S2. The minimum absolute atomic E-state index is 0.143. The van der Waals surface area contributed by atoms with Gasteiger partial charge in [0.15, 0.2) is 5.82 Å². The molecule has 4 rings (SSSR count). The topological polar surface area (TPSA) is 73.3 Å². The summed E-state index contributed by atoms with van der Waals surface area (Å²) < 4.78 is 10.5. The molecule has 1 amide bonds. The van der Waals surface area contributed by atoms with Crippen molar-refractivity contribution < 1.29 is 14.3 Å². The van der Waals surface area contributed by atoms with Crippen LogP contribution in [0.3, 0.4) is 0 Å². The standard InChI is InChI=1S/C22H19N3O3S2/c1-27-15-10-14(11-16(12-15)28-2)23-20(26)13-30-22-17-6-3-4-7-18(17)24-21(25-22)19-8-5-9-29-19/h3-12H,13H2,1-2H3,(H,23,26). The molecule has 2 aromatic carbocycles. The zero-order valence-electron chi connectivity index (χ0n) is 16.4. The fourth-order valence-corrected chi connectivity index (χ4v) is 4.36. The van der Waals surface area contributed by atoms with Gasteiger partial charge in [-0.25, -0.2) is 9.97 Å². The van der Waals surface area contributed by atoms with Crippen LogP contribution < -0.4 is 14.8 Å². The molecule has 0 bridgehead atoms. The Morgan fingerprint density at radius 3 is 2.50 bits per heavy atom. The summed E-state index contributed by atoms with van der Waals surface area (Å²) in [6.07, 6.45) is 0. The normalized spacial score (nSPS) is 10.7. The number of ether oxygens (including phenoxy) is 2. The third kappa shape index (κ3) is 4.55. The van der Waals surface area contributed by atoms with Crippen molar-refractivity contribution in [1.29, 1.82) is 0 Å². The Morgan fingerprint density at radius 2 is 1.80 bits per heavy atom. The van der Waals surface area contributed by atoms with E-state index in [1.165, 1.54) is 11.8 Å². The lowest BCUT2D eigenvalue weighted by Gasteiger charge is -2.10. The van der Waals surface area contributed by atoms with E-state index in [1.807, 2.05) is 41.8 Å². The van der Waals surface area contributed by atoms with E-state index in [1.54, 1.807) is 43.8 Å². The highest BCUT2D eigenvalue weighted by molar-refractivity contribution is 8.00. The van der Waals surface area contributed by atoms with Crippen LogP contribution >= 0.6 is 23.1 Å². The minimum atomic E-state index is -0.143. The van der Waals surface area contributed by atoms with Crippen molar-refractivity contribution in [3.8, 4) is 22.2 Å². The summed E-state index contributed by atoms with van der Waals surface area (Å²) >= 11 is 2.98. The maximum absolute atomic E-state index is 12.6. The number of thioether (sulfide) groups is 1. The SMILES string of the molecule is COc1cc(NC(=O)CSc2nc(-c3cccs3)nc3ccccc23)cc(OC)c1. The number of nitrogens with one attached hydrogen (secondary N) is 1. The van der Waals surface area contributed by atoms with Crippen LogP contribution in [0.1, 0.15) is 0 Å². The van der Waals surface area contributed by atoms with Crippen molar-refractivity contribution in [3.05, 3.63) is 60.0 Å². The maximum atomic E-state index is 12.6. The monoisotopic (exact) mass is 437 g/mol. The molecule has 0 aliphatic heterocycles. The largest absolute Gasteiger partial charge is 0.497 e. The van der Waals surface area contributed by atoms with Crippen LogP contribution in [0, 0.1) is 0 Å². The Morgan fingerprint density at radius 1 is 1.03 bits per heavy atom. The van der Waals surface area contributed by atoms with Crippen LogP contribution in [0.4, 0.5) is 5.69 Å². The van der Waals surface area contributed by atoms with Crippen molar-refractivity contribution in [1.82, 2.24) is 9.97 Å². The summed E-state index contributed by atoms with van der Waals surface area (Å²) in [6.45, 7) is 0. The van der Waals surface area contributed by atoms with Gasteiger partial charge in [-0.15, -0.1) is 11.3 Å². The van der Waals surface area contributed by atoms with Gasteiger partial charge in [-0.3, -0.25) is 4.79 Å². The van der Waals surface area contributed by atoms with Gasteiger partial charge in [-0.1, -0.05) is 36.0 Å². The van der Waals surface area contributed by atoms with Crippen molar-refractivity contribution in [2.24, 2.45) is 0 Å². The Labute approximate surface area is 182 Å². The van der Waals surface area contributed by atoms with Crippen molar-refractivity contribution in [3.63, 3.8) is 0 Å². The van der Waals surface area contributed by atoms with Crippen LogP contribution in [-0.2, 0) is 4.79 Å². The fourth-order valence-electron chi connectivity index (χ4n) is 2.88. The number of carbonyl (C=O) groups is 1. The second-order valence-corrected chi connectivity index (χ2v) is 8.20. The molecule has 152 valence electrons. The lowest BCUT2D eigenvalue weighted by molar-refractivity contribution is -0.113. The van der Waals surface area contributed by atoms with Crippen molar-refractivity contribution in [2.45, 2.75) is 5.03 Å². The lowest BCUT2D eigenvalue weighted by Crippen LogP contribution is -2.14. The molecule has 30 heavy (non-hydrogen) atoms. The summed E-state index contributed by atoms with van der Waals surface area (Å²) in [6, 6.07) is 17.0. The van der Waals surface area contributed by atoms with E-state index in [0.29, 0.717) is 23.0 Å². The Balaban J connectivity index is 1.54. The number of rotatable bonds is 7. The molecule has 6 nitrogen and oxygen atoms in total. The van der Waals surface area contributed by atoms with Gasteiger partial charge in [0.05, 0.1) is 30.4 Å². The number of anilines is 1. The summed E-state index contributed by atoms with van der Waals surface area (Å²) in [5.41, 5.74) is 1.47. The average molecular weight is 438 g/mol.